The highest BCUT2D eigenvalue weighted by atomic mass is 19.1. The van der Waals surface area contributed by atoms with E-state index in [4.69, 9.17) is 4.74 Å². The van der Waals surface area contributed by atoms with E-state index in [1.807, 2.05) is 6.92 Å². The van der Waals surface area contributed by atoms with Crippen LogP contribution in [0.2, 0.25) is 0 Å². The molecule has 1 aromatic carbocycles. The molecule has 1 aromatic heterocycles. The maximum atomic E-state index is 13.0. The van der Waals surface area contributed by atoms with Gasteiger partial charge in [-0.2, -0.15) is 0 Å². The molecule has 1 heterocycles. The molecule has 0 amide bonds. The minimum Gasteiger partial charge on any atom is -0.493 e. The third kappa shape index (κ3) is 3.92. The quantitative estimate of drug-likeness (QED) is 0.608. The second kappa shape index (κ2) is 7.50. The van der Waals surface area contributed by atoms with Crippen LogP contribution in [0, 0.1) is 5.82 Å². The minimum atomic E-state index is -0.828. The lowest BCUT2D eigenvalue weighted by Gasteiger charge is -2.09. The average Bonchev–Trinajstić information content (AvgIpc) is 2.51. The summed E-state index contributed by atoms with van der Waals surface area (Å²) in [6.07, 6.45) is 1.17. The van der Waals surface area contributed by atoms with Gasteiger partial charge in [0.1, 0.15) is 11.4 Å². The van der Waals surface area contributed by atoms with Crippen LogP contribution in [-0.2, 0) is 4.74 Å². The van der Waals surface area contributed by atoms with Gasteiger partial charge in [-0.15, -0.1) is 0 Å². The Labute approximate surface area is 130 Å². The van der Waals surface area contributed by atoms with Crippen molar-refractivity contribution in [3.8, 4) is 11.6 Å². The molecule has 122 valence electrons. The van der Waals surface area contributed by atoms with Crippen LogP contribution in [0.15, 0.2) is 38.8 Å². The minimum absolute atomic E-state index is 0.162. The van der Waals surface area contributed by atoms with Crippen molar-refractivity contribution in [3.05, 3.63) is 56.5 Å². The number of aromatic hydroxyl groups is 1. The van der Waals surface area contributed by atoms with E-state index in [1.165, 1.54) is 18.3 Å². The van der Waals surface area contributed by atoms with Crippen LogP contribution in [0.3, 0.4) is 0 Å². The lowest BCUT2D eigenvalue weighted by molar-refractivity contribution is 0.156. The van der Waals surface area contributed by atoms with Crippen molar-refractivity contribution >= 4 is 6.21 Å². The van der Waals surface area contributed by atoms with Crippen LogP contribution in [0.1, 0.15) is 12.5 Å². The van der Waals surface area contributed by atoms with Crippen molar-refractivity contribution < 1.29 is 14.2 Å². The molecule has 0 aliphatic carbocycles. The third-order valence-electron chi connectivity index (χ3n) is 2.99. The monoisotopic (exact) mass is 321 g/mol. The lowest BCUT2D eigenvalue weighted by atomic mass is 10.3. The van der Waals surface area contributed by atoms with Gasteiger partial charge in [-0.05, 0) is 31.2 Å². The summed E-state index contributed by atoms with van der Waals surface area (Å²) in [4.78, 5) is 29.8. The number of nitrogens with one attached hydrogen (secondary N) is 1. The van der Waals surface area contributed by atoms with E-state index in [9.17, 15) is 19.1 Å². The summed E-state index contributed by atoms with van der Waals surface area (Å²) in [6, 6.07) is 4.90. The van der Waals surface area contributed by atoms with Gasteiger partial charge in [-0.3, -0.25) is 14.8 Å². The number of aliphatic imine (C=N–C) groups is 1. The van der Waals surface area contributed by atoms with Gasteiger partial charge in [-0.1, -0.05) is 0 Å². The standard InChI is InChI=1S/C15H16FN3O4/c1-2-23-8-7-17-9-12-13(20)18-15(22)19(14(12)21)11-5-3-10(16)4-6-11/h3-6,9,21H,2,7-8H2,1H3,(H,18,20,22). The average molecular weight is 321 g/mol. The van der Waals surface area contributed by atoms with Gasteiger partial charge < -0.3 is 9.84 Å². The topological polar surface area (TPSA) is 96.7 Å². The molecule has 0 radical (unpaired) electrons. The predicted octanol–water partition coefficient (Wildman–Crippen LogP) is 0.826. The number of hydrogen-bond donors (Lipinski definition) is 2. The zero-order chi connectivity index (χ0) is 16.8. The molecule has 0 aliphatic rings. The molecule has 2 N–H and O–H groups in total. The smallest absolute Gasteiger partial charge is 0.335 e. The van der Waals surface area contributed by atoms with Gasteiger partial charge in [-0.25, -0.2) is 13.8 Å². The highest BCUT2D eigenvalue weighted by Crippen LogP contribution is 2.15. The molecule has 0 spiro atoms. The molecule has 2 aromatic rings. The van der Waals surface area contributed by atoms with Crippen molar-refractivity contribution in [2.75, 3.05) is 19.8 Å². The second-order valence-electron chi connectivity index (χ2n) is 4.54. The summed E-state index contributed by atoms with van der Waals surface area (Å²) in [5.41, 5.74) is -1.53. The van der Waals surface area contributed by atoms with Crippen LogP contribution in [-0.4, -0.2) is 40.6 Å². The Balaban J connectivity index is 2.41. The maximum absolute atomic E-state index is 13.0. The normalized spacial score (nSPS) is 11.2. The van der Waals surface area contributed by atoms with E-state index >= 15 is 0 Å². The van der Waals surface area contributed by atoms with Crippen LogP contribution in [0.4, 0.5) is 4.39 Å². The number of H-pyrrole nitrogens is 1. The number of halogens is 1. The number of hydrogen-bond acceptors (Lipinski definition) is 5. The molecule has 0 atom stereocenters. The molecule has 2 rings (SSSR count). The van der Waals surface area contributed by atoms with Crippen LogP contribution in [0.5, 0.6) is 5.88 Å². The number of nitrogens with zero attached hydrogens (tertiary/aromatic N) is 2. The van der Waals surface area contributed by atoms with Crippen molar-refractivity contribution in [3.63, 3.8) is 0 Å². The molecule has 0 unspecified atom stereocenters. The third-order valence-corrected chi connectivity index (χ3v) is 2.99. The first-order chi connectivity index (χ1) is 11.0. The van der Waals surface area contributed by atoms with Crippen LogP contribution >= 0.6 is 0 Å². The first-order valence-corrected chi connectivity index (χ1v) is 6.96. The van der Waals surface area contributed by atoms with E-state index in [0.717, 1.165) is 16.7 Å². The van der Waals surface area contributed by atoms with Gasteiger partial charge >= 0.3 is 5.69 Å². The first kappa shape index (κ1) is 16.6. The van der Waals surface area contributed by atoms with Gasteiger partial charge in [0.15, 0.2) is 0 Å². The second-order valence-corrected chi connectivity index (χ2v) is 4.54. The van der Waals surface area contributed by atoms with E-state index < -0.39 is 22.9 Å². The summed E-state index contributed by atoms with van der Waals surface area (Å²) in [6.45, 7) is 3.08. The fraction of sp³-hybridized carbons (Fsp3) is 0.267. The Morgan fingerprint density at radius 2 is 2.04 bits per heavy atom. The fourth-order valence-electron chi connectivity index (χ4n) is 1.90. The Morgan fingerprint density at radius 1 is 1.35 bits per heavy atom. The van der Waals surface area contributed by atoms with Crippen molar-refractivity contribution in [1.82, 2.24) is 9.55 Å². The Bertz CT molecular complexity index is 809. The van der Waals surface area contributed by atoms with Crippen LogP contribution < -0.4 is 11.2 Å². The Kier molecular flexibility index (Phi) is 5.42. The highest BCUT2D eigenvalue weighted by Gasteiger charge is 2.14. The van der Waals surface area contributed by atoms with Gasteiger partial charge in [0.25, 0.3) is 5.56 Å². The van der Waals surface area contributed by atoms with E-state index in [-0.39, 0.29) is 11.3 Å². The van der Waals surface area contributed by atoms with Crippen molar-refractivity contribution in [1.29, 1.82) is 0 Å². The molecule has 0 saturated heterocycles. The van der Waals surface area contributed by atoms with Crippen molar-refractivity contribution in [2.24, 2.45) is 4.99 Å². The Morgan fingerprint density at radius 3 is 2.70 bits per heavy atom. The SMILES string of the molecule is CCOCCN=Cc1c(O)n(-c2ccc(F)cc2)c(=O)[nH]c1=O. The largest absolute Gasteiger partial charge is 0.493 e. The molecule has 7 nitrogen and oxygen atoms in total. The molecule has 0 aliphatic heterocycles. The lowest BCUT2D eigenvalue weighted by Crippen LogP contribution is -2.31. The molecular weight excluding hydrogens is 305 g/mol. The number of benzene rings is 1. The number of ether oxygens (including phenoxy) is 1. The van der Waals surface area contributed by atoms with Gasteiger partial charge in [0, 0.05) is 12.8 Å². The van der Waals surface area contributed by atoms with Gasteiger partial charge in [0.2, 0.25) is 5.88 Å². The predicted molar refractivity (Wildman–Crippen MR) is 83.2 cm³/mol. The maximum Gasteiger partial charge on any atom is 0.335 e. The number of rotatable bonds is 6. The molecule has 0 fully saturated rings. The molecular formula is C15H16FN3O4. The molecule has 0 saturated carbocycles. The number of aromatic amines is 1. The summed E-state index contributed by atoms with van der Waals surface area (Å²) < 4.78 is 18.9. The van der Waals surface area contributed by atoms with Crippen LogP contribution in [0.25, 0.3) is 5.69 Å². The van der Waals surface area contributed by atoms with Gasteiger partial charge in [0.05, 0.1) is 18.8 Å². The summed E-state index contributed by atoms with van der Waals surface area (Å²) in [7, 11) is 0. The van der Waals surface area contributed by atoms with Crippen molar-refractivity contribution in [2.45, 2.75) is 6.92 Å². The zero-order valence-electron chi connectivity index (χ0n) is 12.5. The number of aromatic nitrogens is 2. The molecule has 8 heteroatoms. The zero-order valence-corrected chi connectivity index (χ0v) is 12.5. The molecule has 23 heavy (non-hydrogen) atoms. The first-order valence-electron chi connectivity index (χ1n) is 6.96. The summed E-state index contributed by atoms with van der Waals surface area (Å²) in [5, 5.41) is 10.2. The Hall–Kier alpha value is -2.74. The van der Waals surface area contributed by atoms with E-state index in [1.54, 1.807) is 0 Å². The summed E-state index contributed by atoms with van der Waals surface area (Å²) >= 11 is 0. The van der Waals surface area contributed by atoms with E-state index in [2.05, 4.69) is 9.98 Å². The highest BCUT2D eigenvalue weighted by molar-refractivity contribution is 5.82. The summed E-state index contributed by atoms with van der Waals surface area (Å²) in [5.74, 6) is -1.05. The fourth-order valence-corrected chi connectivity index (χ4v) is 1.90. The van der Waals surface area contributed by atoms with E-state index in [0.29, 0.717) is 19.8 Å². The molecule has 0 bridgehead atoms.